The summed E-state index contributed by atoms with van der Waals surface area (Å²) in [5.41, 5.74) is 1.27. The molecule has 0 unspecified atom stereocenters. The number of likely N-dealkylation sites (tertiary alicyclic amines) is 1. The molecule has 162 valence electrons. The number of nitrogens with one attached hydrogen (secondary N) is 2. The van der Waals surface area contributed by atoms with E-state index < -0.39 is 15.8 Å². The highest BCUT2D eigenvalue weighted by Gasteiger charge is 2.21. The number of piperidine rings is 1. The van der Waals surface area contributed by atoms with Gasteiger partial charge in [0.05, 0.1) is 9.92 Å². The Morgan fingerprint density at radius 3 is 2.50 bits per heavy atom. The van der Waals surface area contributed by atoms with Gasteiger partial charge in [0.15, 0.2) is 0 Å². The van der Waals surface area contributed by atoms with E-state index in [0.29, 0.717) is 0 Å². The molecular weight excluding hydrogens is 429 g/mol. The van der Waals surface area contributed by atoms with Gasteiger partial charge in [-0.2, -0.15) is 0 Å². The van der Waals surface area contributed by atoms with Gasteiger partial charge in [0, 0.05) is 38.6 Å². The maximum atomic E-state index is 13.2. The largest absolute Gasteiger partial charge is 0.353 e. The Labute approximate surface area is 181 Å². The maximum absolute atomic E-state index is 13.2. The molecule has 0 atom stereocenters. The minimum Gasteiger partial charge on any atom is -0.353 e. The summed E-state index contributed by atoms with van der Waals surface area (Å²) in [4.78, 5) is 14.4. The Hall–Kier alpha value is -2.00. The molecule has 1 saturated heterocycles. The van der Waals surface area contributed by atoms with Crippen molar-refractivity contribution in [2.75, 3.05) is 19.6 Å². The van der Waals surface area contributed by atoms with Gasteiger partial charge in [0.25, 0.3) is 0 Å². The lowest BCUT2D eigenvalue weighted by molar-refractivity contribution is -0.121. The van der Waals surface area contributed by atoms with Crippen LogP contribution in [0, 0.1) is 5.82 Å². The van der Waals surface area contributed by atoms with Gasteiger partial charge < -0.3 is 5.32 Å². The average molecular weight is 454 g/mol. The summed E-state index contributed by atoms with van der Waals surface area (Å²) in [6, 6.07) is 13.5. The van der Waals surface area contributed by atoms with Crippen molar-refractivity contribution >= 4 is 27.5 Å². The number of nitrogens with zero attached hydrogens (tertiary/aromatic N) is 1. The third-order valence-electron chi connectivity index (χ3n) is 5.05. The fourth-order valence-electron chi connectivity index (χ4n) is 3.40. The summed E-state index contributed by atoms with van der Waals surface area (Å²) >= 11 is 5.63. The van der Waals surface area contributed by atoms with Crippen molar-refractivity contribution in [1.29, 1.82) is 0 Å². The van der Waals surface area contributed by atoms with Crippen molar-refractivity contribution in [1.82, 2.24) is 14.9 Å². The Morgan fingerprint density at radius 2 is 1.83 bits per heavy atom. The summed E-state index contributed by atoms with van der Waals surface area (Å²) in [7, 11) is -3.85. The molecule has 2 aromatic carbocycles. The number of hydrogen-bond donors (Lipinski definition) is 2. The van der Waals surface area contributed by atoms with Crippen molar-refractivity contribution < 1.29 is 17.6 Å². The quantitative estimate of drug-likeness (QED) is 0.644. The molecule has 0 aliphatic carbocycles. The van der Waals surface area contributed by atoms with E-state index >= 15 is 0 Å². The molecule has 30 heavy (non-hydrogen) atoms. The topological polar surface area (TPSA) is 78.5 Å². The second-order valence-corrected chi connectivity index (χ2v) is 9.50. The number of halogens is 2. The molecule has 6 nitrogen and oxygen atoms in total. The highest BCUT2D eigenvalue weighted by Crippen LogP contribution is 2.19. The van der Waals surface area contributed by atoms with E-state index in [4.69, 9.17) is 11.6 Å². The van der Waals surface area contributed by atoms with Gasteiger partial charge in [-0.05, 0) is 36.6 Å². The first-order valence-electron chi connectivity index (χ1n) is 9.84. The molecule has 1 fully saturated rings. The highest BCUT2D eigenvalue weighted by molar-refractivity contribution is 7.89. The first-order chi connectivity index (χ1) is 14.3. The molecule has 1 aliphatic heterocycles. The van der Waals surface area contributed by atoms with Crippen LogP contribution in [0.2, 0.25) is 5.02 Å². The molecule has 2 N–H and O–H groups in total. The molecule has 1 amide bonds. The monoisotopic (exact) mass is 453 g/mol. The lowest BCUT2D eigenvalue weighted by Gasteiger charge is -2.32. The van der Waals surface area contributed by atoms with E-state index in [2.05, 4.69) is 27.1 Å². The first-order valence-corrected chi connectivity index (χ1v) is 11.7. The normalized spacial score (nSPS) is 15.8. The number of carbonyl (C=O) groups excluding carboxylic acids is 1. The SMILES string of the molecule is O=C(CCNS(=O)(=O)c1ccc(F)c(Cl)c1)NC1CCN(Cc2ccccc2)CC1. The molecule has 0 spiro atoms. The maximum Gasteiger partial charge on any atom is 0.240 e. The van der Waals surface area contributed by atoms with E-state index in [-0.39, 0.29) is 34.8 Å². The van der Waals surface area contributed by atoms with E-state index in [1.807, 2.05) is 18.2 Å². The number of hydrogen-bond acceptors (Lipinski definition) is 4. The van der Waals surface area contributed by atoms with Crippen LogP contribution in [0.1, 0.15) is 24.8 Å². The smallest absolute Gasteiger partial charge is 0.240 e. The van der Waals surface area contributed by atoms with Crippen LogP contribution in [-0.4, -0.2) is 44.9 Å². The second kappa shape index (κ2) is 10.3. The lowest BCUT2D eigenvalue weighted by atomic mass is 10.0. The summed E-state index contributed by atoms with van der Waals surface area (Å²) in [6.07, 6.45) is 1.75. The van der Waals surface area contributed by atoms with Gasteiger partial charge >= 0.3 is 0 Å². The minimum atomic E-state index is -3.85. The molecule has 0 bridgehead atoms. The molecule has 1 heterocycles. The van der Waals surface area contributed by atoms with Crippen LogP contribution < -0.4 is 10.0 Å². The molecule has 2 aromatic rings. The summed E-state index contributed by atoms with van der Waals surface area (Å²) in [5.74, 6) is -0.888. The predicted molar refractivity (Wildman–Crippen MR) is 114 cm³/mol. The minimum absolute atomic E-state index is 0.0262. The number of amides is 1. The van der Waals surface area contributed by atoms with Gasteiger partial charge in [0.2, 0.25) is 15.9 Å². The van der Waals surface area contributed by atoms with Crippen LogP contribution in [0.4, 0.5) is 4.39 Å². The van der Waals surface area contributed by atoms with Crippen molar-refractivity contribution in [3.63, 3.8) is 0 Å². The van der Waals surface area contributed by atoms with E-state index in [0.717, 1.165) is 50.7 Å². The van der Waals surface area contributed by atoms with Crippen molar-refractivity contribution in [2.45, 2.75) is 36.7 Å². The first kappa shape index (κ1) is 22.7. The molecule has 9 heteroatoms. The van der Waals surface area contributed by atoms with Gasteiger partial charge in [0.1, 0.15) is 5.82 Å². The van der Waals surface area contributed by atoms with Crippen LogP contribution in [0.3, 0.4) is 0 Å². The zero-order valence-corrected chi connectivity index (χ0v) is 18.1. The molecule has 0 radical (unpaired) electrons. The number of rotatable bonds is 8. The third kappa shape index (κ3) is 6.50. The summed E-state index contributed by atoms with van der Waals surface area (Å²) in [6.45, 7) is 2.66. The van der Waals surface area contributed by atoms with Crippen LogP contribution in [0.15, 0.2) is 53.4 Å². The number of carbonyl (C=O) groups is 1. The predicted octanol–water partition coefficient (Wildman–Crippen LogP) is 2.93. The second-order valence-electron chi connectivity index (χ2n) is 7.33. The Balaban J connectivity index is 1.38. The van der Waals surface area contributed by atoms with E-state index in [1.54, 1.807) is 0 Å². The molecular formula is C21H25ClFN3O3S. The van der Waals surface area contributed by atoms with Crippen molar-refractivity contribution in [2.24, 2.45) is 0 Å². The highest BCUT2D eigenvalue weighted by atomic mass is 35.5. The molecule has 3 rings (SSSR count). The Bertz CT molecular complexity index is 965. The number of benzene rings is 2. The molecule has 1 aliphatic rings. The fourth-order valence-corrected chi connectivity index (χ4v) is 4.71. The van der Waals surface area contributed by atoms with E-state index in [9.17, 15) is 17.6 Å². The van der Waals surface area contributed by atoms with E-state index in [1.165, 1.54) is 5.56 Å². The van der Waals surface area contributed by atoms with Crippen molar-refractivity contribution in [3.05, 3.63) is 64.9 Å². The third-order valence-corrected chi connectivity index (χ3v) is 6.80. The van der Waals surface area contributed by atoms with Gasteiger partial charge in [-0.25, -0.2) is 17.5 Å². The summed E-state index contributed by atoms with van der Waals surface area (Å²) < 4.78 is 40.0. The molecule has 0 aromatic heterocycles. The van der Waals surface area contributed by atoms with Crippen LogP contribution in [-0.2, 0) is 21.4 Å². The zero-order chi connectivity index (χ0) is 21.6. The van der Waals surface area contributed by atoms with Crippen LogP contribution in [0.5, 0.6) is 0 Å². The fraction of sp³-hybridized carbons (Fsp3) is 0.381. The standard InChI is InChI=1S/C21H25ClFN3O3S/c22-19-14-18(6-7-20(19)23)30(28,29)24-11-8-21(27)25-17-9-12-26(13-10-17)15-16-4-2-1-3-5-16/h1-7,14,17,24H,8-13,15H2,(H,25,27). The van der Waals surface area contributed by atoms with Gasteiger partial charge in [-0.1, -0.05) is 41.9 Å². The summed E-state index contributed by atoms with van der Waals surface area (Å²) in [5, 5.41) is 2.71. The average Bonchev–Trinajstić information content (AvgIpc) is 2.72. The number of sulfonamides is 1. The molecule has 0 saturated carbocycles. The zero-order valence-electron chi connectivity index (χ0n) is 16.5. The van der Waals surface area contributed by atoms with Gasteiger partial charge in [-0.15, -0.1) is 0 Å². The van der Waals surface area contributed by atoms with Crippen LogP contribution in [0.25, 0.3) is 0 Å². The van der Waals surface area contributed by atoms with Gasteiger partial charge in [-0.3, -0.25) is 9.69 Å². The van der Waals surface area contributed by atoms with Crippen LogP contribution >= 0.6 is 11.6 Å². The Kier molecular flexibility index (Phi) is 7.82. The Morgan fingerprint density at radius 1 is 1.13 bits per heavy atom. The lowest BCUT2D eigenvalue weighted by Crippen LogP contribution is -2.45. The van der Waals surface area contributed by atoms with Crippen molar-refractivity contribution in [3.8, 4) is 0 Å².